The highest BCUT2D eigenvalue weighted by atomic mass is 16.2. The predicted molar refractivity (Wildman–Crippen MR) is 84.9 cm³/mol. The lowest BCUT2D eigenvalue weighted by molar-refractivity contribution is 0.615. The van der Waals surface area contributed by atoms with Crippen LogP contribution in [-0.2, 0) is 0 Å². The maximum absolute atomic E-state index is 9.22. The number of aromatic nitrogens is 2. The average Bonchev–Trinajstić information content (AvgIpc) is 3.00. The van der Waals surface area contributed by atoms with Crippen molar-refractivity contribution in [3.05, 3.63) is 35.7 Å². The van der Waals surface area contributed by atoms with Crippen molar-refractivity contribution in [1.29, 1.82) is 10.7 Å². The van der Waals surface area contributed by atoms with Gasteiger partial charge >= 0.3 is 7.48 Å². The van der Waals surface area contributed by atoms with E-state index in [-0.39, 0.29) is 13.1 Å². The highest BCUT2D eigenvalue weighted by molar-refractivity contribution is 6.48. The molecule has 0 atom stereocenters. The molecule has 0 aliphatic heterocycles. The molecule has 0 saturated heterocycles. The van der Waals surface area contributed by atoms with E-state index >= 15 is 0 Å². The zero-order chi connectivity index (χ0) is 15.2. The Morgan fingerprint density at radius 2 is 2.38 bits per heavy atom. The summed E-state index contributed by atoms with van der Waals surface area (Å²) in [5, 5.41) is 28.1. The molecule has 0 unspecified atom stereocenters. The van der Waals surface area contributed by atoms with E-state index in [1.54, 1.807) is 19.3 Å². The summed E-state index contributed by atoms with van der Waals surface area (Å²) in [5.74, 6) is 0. The highest BCUT2D eigenvalue weighted by Gasteiger charge is 2.07. The number of nitrogens with zero attached hydrogens (tertiary/aromatic N) is 2. The van der Waals surface area contributed by atoms with E-state index in [9.17, 15) is 5.02 Å². The molecule has 4 N–H and O–H groups in total. The number of pyridine rings is 1. The number of hydrogen-bond donors (Lipinski definition) is 4. The van der Waals surface area contributed by atoms with E-state index in [1.807, 2.05) is 24.3 Å². The van der Waals surface area contributed by atoms with E-state index in [0.29, 0.717) is 0 Å². The van der Waals surface area contributed by atoms with Gasteiger partial charge in [-0.1, -0.05) is 0 Å². The molecule has 21 heavy (non-hydrogen) atoms. The number of rotatable bonds is 5. The van der Waals surface area contributed by atoms with Crippen LogP contribution in [0, 0.1) is 16.7 Å². The van der Waals surface area contributed by atoms with Crippen molar-refractivity contribution in [2.45, 2.75) is 0 Å². The lowest BCUT2D eigenvalue weighted by Gasteiger charge is -2.07. The van der Waals surface area contributed by atoms with Gasteiger partial charge in [0.25, 0.3) is 0 Å². The molecule has 6 nitrogen and oxygen atoms in total. The van der Waals surface area contributed by atoms with Crippen LogP contribution in [0.4, 0.5) is 5.69 Å². The lowest BCUT2D eigenvalue weighted by atomic mass is 9.88. The van der Waals surface area contributed by atoms with Crippen LogP contribution in [0.2, 0.25) is 0 Å². The molecule has 7 heteroatoms. The number of H-pyrrole nitrogens is 1. The second-order valence-corrected chi connectivity index (χ2v) is 4.32. The highest BCUT2D eigenvalue weighted by Crippen LogP contribution is 2.19. The Hall–Kier alpha value is -2.85. The molecular formula is C14H14BN5O. The third kappa shape index (κ3) is 3.19. The monoisotopic (exact) mass is 279 g/mol. The van der Waals surface area contributed by atoms with Gasteiger partial charge in [0.2, 0.25) is 0 Å². The smallest absolute Gasteiger partial charge is 0.308 e. The van der Waals surface area contributed by atoms with Crippen LogP contribution in [0.5, 0.6) is 0 Å². The zero-order valence-corrected chi connectivity index (χ0v) is 11.5. The van der Waals surface area contributed by atoms with Gasteiger partial charge in [-0.3, -0.25) is 4.98 Å². The van der Waals surface area contributed by atoms with E-state index < -0.39 is 0 Å². The summed E-state index contributed by atoms with van der Waals surface area (Å²) in [6, 6.07) is 7.44. The van der Waals surface area contributed by atoms with Crippen molar-refractivity contribution < 1.29 is 5.02 Å². The van der Waals surface area contributed by atoms with Gasteiger partial charge in [0.1, 0.15) is 6.07 Å². The molecule has 0 aromatic carbocycles. The number of hydrogen-bond acceptors (Lipinski definition) is 5. The maximum Gasteiger partial charge on any atom is 0.308 e. The van der Waals surface area contributed by atoms with Crippen LogP contribution in [-0.4, -0.2) is 35.7 Å². The van der Waals surface area contributed by atoms with Crippen LogP contribution in [0.3, 0.4) is 0 Å². The van der Waals surface area contributed by atoms with Crippen molar-refractivity contribution in [1.82, 2.24) is 9.97 Å². The van der Waals surface area contributed by atoms with Gasteiger partial charge in [0.15, 0.2) is 0 Å². The fraction of sp³-hybridized carbons (Fsp3) is 0.0714. The Morgan fingerprint density at radius 1 is 1.57 bits per heavy atom. The lowest BCUT2D eigenvalue weighted by Crippen LogP contribution is -2.19. The Balaban J connectivity index is 2.36. The molecule has 0 fully saturated rings. The molecule has 0 spiro atoms. The van der Waals surface area contributed by atoms with Gasteiger partial charge in [-0.2, -0.15) is 5.26 Å². The van der Waals surface area contributed by atoms with Gasteiger partial charge in [-0.15, -0.1) is 0 Å². The first-order chi connectivity index (χ1) is 10.2. The first kappa shape index (κ1) is 14.6. The molecule has 0 aliphatic rings. The van der Waals surface area contributed by atoms with Crippen LogP contribution in [0.1, 0.15) is 5.69 Å². The van der Waals surface area contributed by atoms with Gasteiger partial charge in [-0.05, 0) is 29.7 Å². The molecule has 0 aliphatic carbocycles. The van der Waals surface area contributed by atoms with Crippen molar-refractivity contribution in [3.63, 3.8) is 0 Å². The van der Waals surface area contributed by atoms with E-state index in [4.69, 9.17) is 10.7 Å². The Morgan fingerprint density at radius 3 is 3.00 bits per heavy atom. The normalized spacial score (nSPS) is 10.8. The molecule has 2 rings (SSSR count). The summed E-state index contributed by atoms with van der Waals surface area (Å²) in [7, 11) is 1.71. The fourth-order valence-electron chi connectivity index (χ4n) is 1.91. The van der Waals surface area contributed by atoms with Crippen molar-refractivity contribution in [3.8, 4) is 17.5 Å². The maximum atomic E-state index is 9.22. The minimum atomic E-state index is -0.0764. The number of nitriles is 1. The van der Waals surface area contributed by atoms with Gasteiger partial charge < -0.3 is 20.7 Å². The molecule has 0 bridgehead atoms. The number of aromatic amines is 1. The van der Waals surface area contributed by atoms with Crippen LogP contribution in [0.25, 0.3) is 17.5 Å². The first-order valence-corrected chi connectivity index (χ1v) is 6.31. The number of nitrogens with one attached hydrogen (secondary N) is 3. The third-order valence-electron chi connectivity index (χ3n) is 3.01. The standard InChI is InChI=1S/C14H14BN5O/c1-18-13-5-14(19-8-11(13)15-21)12-3-2-10(20-12)4-9(6-16)7-17/h2-6,8,15-16,20-21H,1H3,(H,18,19)/b9-4+,16-6?. The Kier molecular flexibility index (Phi) is 4.54. The number of anilines is 1. The van der Waals surface area contributed by atoms with Crippen molar-refractivity contribution in [2.75, 3.05) is 12.4 Å². The summed E-state index contributed by atoms with van der Waals surface area (Å²) in [5.41, 5.74) is 4.05. The summed E-state index contributed by atoms with van der Waals surface area (Å²) < 4.78 is 0. The van der Waals surface area contributed by atoms with E-state index in [2.05, 4.69) is 15.3 Å². The minimum absolute atomic E-state index is 0.0764. The van der Waals surface area contributed by atoms with Crippen LogP contribution >= 0.6 is 0 Å². The van der Waals surface area contributed by atoms with E-state index in [0.717, 1.165) is 34.4 Å². The van der Waals surface area contributed by atoms with Gasteiger partial charge in [0.05, 0.1) is 17.0 Å². The van der Waals surface area contributed by atoms with Crippen molar-refractivity contribution >= 4 is 30.9 Å². The summed E-state index contributed by atoms with van der Waals surface area (Å²) in [6.07, 6.45) is 4.22. The van der Waals surface area contributed by atoms with Crippen molar-refractivity contribution in [2.24, 2.45) is 0 Å². The molecule has 0 saturated carbocycles. The molecule has 2 aromatic rings. The summed E-state index contributed by atoms with van der Waals surface area (Å²) >= 11 is 0. The SMILES string of the molecule is CNc1cc(-c2ccc(/C=C(/C#N)C=N)[nH]2)ncc1BO. The molecule has 2 heterocycles. The Labute approximate surface area is 122 Å². The zero-order valence-electron chi connectivity index (χ0n) is 11.5. The molecule has 0 radical (unpaired) electrons. The first-order valence-electron chi connectivity index (χ1n) is 6.31. The third-order valence-corrected chi connectivity index (χ3v) is 3.01. The minimum Gasteiger partial charge on any atom is -0.449 e. The second-order valence-electron chi connectivity index (χ2n) is 4.32. The molecule has 2 aromatic heterocycles. The quantitative estimate of drug-likeness (QED) is 0.366. The van der Waals surface area contributed by atoms with Crippen LogP contribution in [0.15, 0.2) is 30.0 Å². The summed E-state index contributed by atoms with van der Waals surface area (Å²) in [4.78, 5) is 7.43. The average molecular weight is 279 g/mol. The molecule has 0 amide bonds. The van der Waals surface area contributed by atoms with Gasteiger partial charge in [-0.25, -0.2) is 0 Å². The second kappa shape index (κ2) is 6.54. The van der Waals surface area contributed by atoms with Crippen LogP contribution < -0.4 is 10.8 Å². The topological polar surface area (TPSA) is 109 Å². The van der Waals surface area contributed by atoms with E-state index in [1.165, 1.54) is 0 Å². The Bertz CT molecular complexity index is 729. The molecular weight excluding hydrogens is 265 g/mol. The molecule has 104 valence electrons. The largest absolute Gasteiger partial charge is 0.449 e. The van der Waals surface area contributed by atoms with Gasteiger partial charge in [0, 0.05) is 30.8 Å². The fourth-order valence-corrected chi connectivity index (χ4v) is 1.91. The number of allylic oxidation sites excluding steroid dienone is 1. The predicted octanol–water partition coefficient (Wildman–Crippen LogP) is 0.644. The summed E-state index contributed by atoms with van der Waals surface area (Å²) in [6.45, 7) is 0.